The zero-order chi connectivity index (χ0) is 18.5. The van der Waals surface area contributed by atoms with Gasteiger partial charge in [-0.1, -0.05) is 17.3 Å². The first-order valence-corrected chi connectivity index (χ1v) is 8.82. The molecule has 138 valence electrons. The number of urea groups is 1. The molecule has 0 bridgehead atoms. The van der Waals surface area contributed by atoms with E-state index in [-0.39, 0.29) is 24.5 Å². The van der Waals surface area contributed by atoms with Gasteiger partial charge < -0.3 is 19.5 Å². The number of likely N-dealkylation sites (tertiary alicyclic amines) is 1. The normalized spacial score (nSPS) is 16.5. The number of anilines is 1. The molecule has 1 fully saturated rings. The van der Waals surface area contributed by atoms with Crippen molar-refractivity contribution in [1.82, 2.24) is 10.1 Å². The zero-order valence-electron chi connectivity index (χ0n) is 15.0. The first-order chi connectivity index (χ1) is 12.6. The van der Waals surface area contributed by atoms with Crippen molar-refractivity contribution in [2.24, 2.45) is 0 Å². The summed E-state index contributed by atoms with van der Waals surface area (Å²) in [5.41, 5.74) is 2.34. The topological polar surface area (TPSA) is 84.7 Å². The van der Waals surface area contributed by atoms with Crippen molar-refractivity contribution in [3.63, 3.8) is 0 Å². The molecule has 7 nitrogen and oxygen atoms in total. The Hall–Kier alpha value is -2.83. The smallest absolute Gasteiger partial charge is 0.322 e. The molecule has 0 saturated carbocycles. The van der Waals surface area contributed by atoms with E-state index < -0.39 is 0 Å². The Bertz CT molecular complexity index is 769. The number of ether oxygens (including phenoxy) is 1. The fourth-order valence-corrected chi connectivity index (χ4v) is 3.13. The lowest BCUT2D eigenvalue weighted by atomic mass is 10.1. The molecule has 7 heteroatoms. The van der Waals surface area contributed by atoms with Crippen LogP contribution in [0.1, 0.15) is 42.8 Å². The van der Waals surface area contributed by atoms with Gasteiger partial charge in [0.2, 0.25) is 0 Å². The van der Waals surface area contributed by atoms with Gasteiger partial charge in [-0.3, -0.25) is 4.79 Å². The lowest BCUT2D eigenvalue weighted by Crippen LogP contribution is -2.34. The van der Waals surface area contributed by atoms with Crippen molar-refractivity contribution < 1.29 is 18.8 Å². The second kappa shape index (κ2) is 8.03. The van der Waals surface area contributed by atoms with Gasteiger partial charge in [-0.15, -0.1) is 0 Å². The SMILES string of the molecule is CCOC(=O)Cc1ccc(NC(=O)N2CCC[C@@H]2c2cc(C)no2)cc1. The Labute approximate surface area is 152 Å². The van der Waals surface area contributed by atoms with E-state index in [4.69, 9.17) is 9.26 Å². The average Bonchev–Trinajstić information content (AvgIpc) is 3.25. The Balaban J connectivity index is 1.61. The fourth-order valence-electron chi connectivity index (χ4n) is 3.13. The predicted molar refractivity (Wildman–Crippen MR) is 95.7 cm³/mol. The van der Waals surface area contributed by atoms with Crippen LogP contribution >= 0.6 is 0 Å². The summed E-state index contributed by atoms with van der Waals surface area (Å²) >= 11 is 0. The molecule has 1 aromatic carbocycles. The van der Waals surface area contributed by atoms with Crippen LogP contribution in [-0.2, 0) is 16.0 Å². The Morgan fingerprint density at radius 2 is 2.12 bits per heavy atom. The predicted octanol–water partition coefficient (Wildman–Crippen LogP) is 3.46. The van der Waals surface area contributed by atoms with Gasteiger partial charge >= 0.3 is 12.0 Å². The van der Waals surface area contributed by atoms with Crippen LogP contribution in [0.5, 0.6) is 0 Å². The number of aromatic nitrogens is 1. The highest BCUT2D eigenvalue weighted by Gasteiger charge is 2.32. The molecule has 1 atom stereocenters. The van der Waals surface area contributed by atoms with Gasteiger partial charge in [-0.25, -0.2) is 4.79 Å². The van der Waals surface area contributed by atoms with E-state index in [1.807, 2.05) is 25.1 Å². The van der Waals surface area contributed by atoms with E-state index in [0.29, 0.717) is 18.8 Å². The number of carbonyl (C=O) groups is 2. The standard InChI is InChI=1S/C19H23N3O4/c1-3-25-18(23)12-14-6-8-15(9-7-14)20-19(24)22-10-4-5-16(22)17-11-13(2)21-26-17/h6-9,11,16H,3-5,10,12H2,1-2H3,(H,20,24)/t16-/m1/s1. The van der Waals surface area contributed by atoms with E-state index in [1.165, 1.54) is 0 Å². The minimum atomic E-state index is -0.258. The van der Waals surface area contributed by atoms with Crippen molar-refractivity contribution >= 4 is 17.7 Å². The molecule has 1 N–H and O–H groups in total. The third kappa shape index (κ3) is 4.22. The van der Waals surface area contributed by atoms with Crippen LogP contribution in [0.25, 0.3) is 0 Å². The van der Waals surface area contributed by atoms with Crippen molar-refractivity contribution in [2.75, 3.05) is 18.5 Å². The molecule has 3 rings (SSSR count). The Kier molecular flexibility index (Phi) is 5.55. The summed E-state index contributed by atoms with van der Waals surface area (Å²) in [5, 5.41) is 6.82. The molecule has 2 heterocycles. The van der Waals surface area contributed by atoms with E-state index in [1.54, 1.807) is 24.0 Å². The minimum absolute atomic E-state index is 0.0840. The van der Waals surface area contributed by atoms with Crippen LogP contribution in [0, 0.1) is 6.92 Å². The summed E-state index contributed by atoms with van der Waals surface area (Å²) in [7, 11) is 0. The van der Waals surface area contributed by atoms with Crippen LogP contribution in [0.15, 0.2) is 34.9 Å². The van der Waals surface area contributed by atoms with Gasteiger partial charge in [0.1, 0.15) is 0 Å². The Morgan fingerprint density at radius 1 is 1.35 bits per heavy atom. The number of amides is 2. The molecule has 1 aliphatic heterocycles. The first kappa shape index (κ1) is 18.0. The van der Waals surface area contributed by atoms with Crippen LogP contribution in [0.2, 0.25) is 0 Å². The summed E-state index contributed by atoms with van der Waals surface area (Å²) in [6.07, 6.45) is 2.01. The number of carbonyl (C=O) groups excluding carboxylic acids is 2. The maximum atomic E-state index is 12.6. The van der Waals surface area contributed by atoms with Crippen LogP contribution < -0.4 is 5.32 Å². The summed E-state index contributed by atoms with van der Waals surface area (Å²) in [4.78, 5) is 25.9. The summed E-state index contributed by atoms with van der Waals surface area (Å²) in [5.74, 6) is 0.464. The molecule has 0 spiro atoms. The molecule has 0 radical (unpaired) electrons. The molecule has 0 unspecified atom stereocenters. The van der Waals surface area contributed by atoms with Gasteiger partial charge in [0, 0.05) is 18.3 Å². The monoisotopic (exact) mass is 357 g/mol. The van der Waals surface area contributed by atoms with Crippen LogP contribution in [0.4, 0.5) is 10.5 Å². The maximum Gasteiger partial charge on any atom is 0.322 e. The van der Waals surface area contributed by atoms with Crippen molar-refractivity contribution in [1.29, 1.82) is 0 Å². The number of esters is 1. The average molecular weight is 357 g/mol. The molecule has 2 aromatic rings. The molecule has 1 aromatic heterocycles. The van der Waals surface area contributed by atoms with E-state index in [2.05, 4.69) is 10.5 Å². The number of hydrogen-bond donors (Lipinski definition) is 1. The first-order valence-electron chi connectivity index (χ1n) is 8.82. The number of nitrogens with zero attached hydrogens (tertiary/aromatic N) is 2. The molecule has 1 aliphatic rings. The summed E-state index contributed by atoms with van der Waals surface area (Å²) < 4.78 is 10.3. The quantitative estimate of drug-likeness (QED) is 0.829. The van der Waals surface area contributed by atoms with Crippen LogP contribution in [-0.4, -0.2) is 35.2 Å². The molecular formula is C19H23N3O4. The molecule has 1 saturated heterocycles. The number of nitrogens with one attached hydrogen (secondary N) is 1. The number of hydrogen-bond acceptors (Lipinski definition) is 5. The second-order valence-electron chi connectivity index (χ2n) is 6.33. The Morgan fingerprint density at radius 3 is 2.77 bits per heavy atom. The lowest BCUT2D eigenvalue weighted by Gasteiger charge is -2.23. The number of aryl methyl sites for hydroxylation is 1. The zero-order valence-corrected chi connectivity index (χ0v) is 15.0. The molecule has 0 aliphatic carbocycles. The lowest BCUT2D eigenvalue weighted by molar-refractivity contribution is -0.142. The minimum Gasteiger partial charge on any atom is -0.466 e. The maximum absolute atomic E-state index is 12.6. The third-order valence-electron chi connectivity index (χ3n) is 4.35. The number of benzene rings is 1. The van der Waals surface area contributed by atoms with Gasteiger partial charge in [-0.2, -0.15) is 0 Å². The molecular weight excluding hydrogens is 334 g/mol. The van der Waals surface area contributed by atoms with Gasteiger partial charge in [0.15, 0.2) is 5.76 Å². The van der Waals surface area contributed by atoms with Crippen molar-refractivity contribution in [3.05, 3.63) is 47.3 Å². The fraction of sp³-hybridized carbons (Fsp3) is 0.421. The van der Waals surface area contributed by atoms with E-state index in [0.717, 1.165) is 29.9 Å². The van der Waals surface area contributed by atoms with Gasteiger partial charge in [0.05, 0.1) is 24.8 Å². The summed E-state index contributed by atoms with van der Waals surface area (Å²) in [6.45, 7) is 4.69. The summed E-state index contributed by atoms with van der Waals surface area (Å²) in [6, 6.07) is 8.83. The third-order valence-corrected chi connectivity index (χ3v) is 4.35. The highest BCUT2D eigenvalue weighted by Crippen LogP contribution is 2.32. The molecule has 2 amide bonds. The largest absolute Gasteiger partial charge is 0.466 e. The second-order valence-corrected chi connectivity index (χ2v) is 6.33. The van der Waals surface area contributed by atoms with Crippen molar-refractivity contribution in [2.45, 2.75) is 39.2 Å². The van der Waals surface area contributed by atoms with E-state index >= 15 is 0 Å². The van der Waals surface area contributed by atoms with Crippen LogP contribution in [0.3, 0.4) is 0 Å². The highest BCUT2D eigenvalue weighted by molar-refractivity contribution is 5.89. The highest BCUT2D eigenvalue weighted by atomic mass is 16.5. The number of rotatable bonds is 5. The van der Waals surface area contributed by atoms with Gasteiger partial charge in [0.25, 0.3) is 0 Å². The van der Waals surface area contributed by atoms with E-state index in [9.17, 15) is 9.59 Å². The van der Waals surface area contributed by atoms with Gasteiger partial charge in [-0.05, 0) is 44.4 Å². The molecule has 26 heavy (non-hydrogen) atoms. The van der Waals surface area contributed by atoms with Crippen molar-refractivity contribution in [3.8, 4) is 0 Å².